The zero-order valence-electron chi connectivity index (χ0n) is 18.4. The van der Waals surface area contributed by atoms with E-state index in [-0.39, 0.29) is 21.9 Å². The van der Waals surface area contributed by atoms with Gasteiger partial charge in [0.15, 0.2) is 0 Å². The Morgan fingerprint density at radius 3 is 2.15 bits per heavy atom. The molecule has 174 valence electrons. The van der Waals surface area contributed by atoms with Crippen LogP contribution in [0.25, 0.3) is 0 Å². The number of aryl methyl sites for hydroxylation is 2. The van der Waals surface area contributed by atoms with Crippen molar-refractivity contribution in [3.8, 4) is 0 Å². The number of hydrogen-bond acceptors (Lipinski definition) is 5. The van der Waals surface area contributed by atoms with Gasteiger partial charge in [-0.05, 0) is 73.5 Å². The fourth-order valence-corrected chi connectivity index (χ4v) is 5.51. The molecule has 0 unspecified atom stereocenters. The topological polar surface area (TPSA) is 121 Å². The molecule has 1 amide bonds. The first-order chi connectivity index (χ1) is 15.5. The van der Waals surface area contributed by atoms with E-state index in [4.69, 9.17) is 0 Å². The first-order valence-corrected chi connectivity index (χ1v) is 13.1. The second-order valence-electron chi connectivity index (χ2n) is 7.44. The molecule has 0 atom stereocenters. The minimum atomic E-state index is -3.89. The SMILES string of the molecule is CCNS(=O)(=O)c1ccc(C(=O)Nc2ccc(C)c(S(=O)(=O)Nc3cccc(C)c3)c2)cc1. The largest absolute Gasteiger partial charge is 0.322 e. The van der Waals surface area contributed by atoms with Crippen molar-refractivity contribution in [2.24, 2.45) is 0 Å². The molecule has 0 bridgehead atoms. The van der Waals surface area contributed by atoms with Crippen LogP contribution >= 0.6 is 0 Å². The zero-order valence-corrected chi connectivity index (χ0v) is 20.0. The van der Waals surface area contributed by atoms with Gasteiger partial charge in [0.2, 0.25) is 10.0 Å². The van der Waals surface area contributed by atoms with Crippen LogP contribution in [0.1, 0.15) is 28.4 Å². The molecule has 0 saturated carbocycles. The molecule has 0 saturated heterocycles. The number of carbonyl (C=O) groups excluding carboxylic acids is 1. The molecule has 3 N–H and O–H groups in total. The minimum Gasteiger partial charge on any atom is -0.322 e. The summed E-state index contributed by atoms with van der Waals surface area (Å²) < 4.78 is 54.9. The van der Waals surface area contributed by atoms with Crippen molar-refractivity contribution in [3.05, 3.63) is 83.4 Å². The Hall–Kier alpha value is -3.21. The van der Waals surface area contributed by atoms with Gasteiger partial charge in [0.05, 0.1) is 9.79 Å². The zero-order chi connectivity index (χ0) is 24.2. The van der Waals surface area contributed by atoms with Gasteiger partial charge in [0.1, 0.15) is 0 Å². The third-order valence-electron chi connectivity index (χ3n) is 4.77. The second-order valence-corrected chi connectivity index (χ2v) is 10.9. The summed E-state index contributed by atoms with van der Waals surface area (Å²) in [4.78, 5) is 12.7. The molecule has 3 rings (SSSR count). The molecular formula is C23H25N3O5S2. The van der Waals surface area contributed by atoms with E-state index in [9.17, 15) is 21.6 Å². The normalized spacial score (nSPS) is 11.7. The molecule has 0 heterocycles. The standard InChI is InChI=1S/C23H25N3O5S2/c1-4-24-32(28,29)21-12-9-18(10-13-21)23(27)25-19-11-8-17(3)22(15-19)33(30,31)26-20-7-5-6-16(2)14-20/h5-15,24,26H,4H2,1-3H3,(H,25,27). The van der Waals surface area contributed by atoms with Crippen molar-refractivity contribution in [2.75, 3.05) is 16.6 Å². The van der Waals surface area contributed by atoms with Gasteiger partial charge in [-0.3, -0.25) is 9.52 Å². The minimum absolute atomic E-state index is 0.0360. The Labute approximate surface area is 194 Å². The highest BCUT2D eigenvalue weighted by Gasteiger charge is 2.19. The maximum atomic E-state index is 12.9. The van der Waals surface area contributed by atoms with Gasteiger partial charge in [-0.25, -0.2) is 21.6 Å². The summed E-state index contributed by atoms with van der Waals surface area (Å²) >= 11 is 0. The molecule has 0 aromatic heterocycles. The lowest BCUT2D eigenvalue weighted by Gasteiger charge is -2.13. The fourth-order valence-electron chi connectivity index (χ4n) is 3.15. The molecule has 0 radical (unpaired) electrons. The van der Waals surface area contributed by atoms with E-state index in [0.717, 1.165) is 5.56 Å². The van der Waals surface area contributed by atoms with Gasteiger partial charge in [0.25, 0.3) is 15.9 Å². The van der Waals surface area contributed by atoms with Crippen LogP contribution < -0.4 is 14.8 Å². The highest BCUT2D eigenvalue weighted by Crippen LogP contribution is 2.24. The van der Waals surface area contributed by atoms with E-state index in [2.05, 4.69) is 14.8 Å². The molecule has 8 nitrogen and oxygen atoms in total. The van der Waals surface area contributed by atoms with Crippen LogP contribution in [0.15, 0.2) is 76.5 Å². The Kier molecular flexibility index (Phi) is 7.21. The van der Waals surface area contributed by atoms with Crippen molar-refractivity contribution < 1.29 is 21.6 Å². The molecule has 10 heteroatoms. The van der Waals surface area contributed by atoms with Crippen LogP contribution in [0, 0.1) is 13.8 Å². The number of benzene rings is 3. The summed E-state index contributed by atoms with van der Waals surface area (Å²) in [5, 5.41) is 2.66. The molecule has 0 spiro atoms. The monoisotopic (exact) mass is 487 g/mol. The maximum Gasteiger partial charge on any atom is 0.262 e. The van der Waals surface area contributed by atoms with Crippen molar-refractivity contribution in [2.45, 2.75) is 30.6 Å². The summed E-state index contributed by atoms with van der Waals surface area (Å²) in [5.74, 6) is -0.499. The molecule has 0 aliphatic carbocycles. The van der Waals surface area contributed by atoms with Crippen molar-refractivity contribution in [1.82, 2.24) is 4.72 Å². The van der Waals surface area contributed by atoms with Crippen LogP contribution in [-0.4, -0.2) is 29.3 Å². The van der Waals surface area contributed by atoms with Gasteiger partial charge in [-0.15, -0.1) is 0 Å². The number of sulfonamides is 2. The fraction of sp³-hybridized carbons (Fsp3) is 0.174. The number of nitrogens with one attached hydrogen (secondary N) is 3. The average Bonchev–Trinajstić information content (AvgIpc) is 2.74. The molecule has 0 aliphatic heterocycles. The molecule has 0 fully saturated rings. The number of rotatable bonds is 8. The van der Waals surface area contributed by atoms with Crippen LogP contribution in [0.3, 0.4) is 0 Å². The summed E-state index contributed by atoms with van der Waals surface area (Å²) in [5.41, 5.74) is 2.40. The van der Waals surface area contributed by atoms with Gasteiger partial charge >= 0.3 is 0 Å². The highest BCUT2D eigenvalue weighted by atomic mass is 32.2. The summed E-state index contributed by atoms with van der Waals surface area (Å²) in [6, 6.07) is 17.0. The lowest BCUT2D eigenvalue weighted by Crippen LogP contribution is -2.23. The summed E-state index contributed by atoms with van der Waals surface area (Å²) in [6.07, 6.45) is 0. The van der Waals surface area contributed by atoms with Gasteiger partial charge < -0.3 is 5.32 Å². The molecule has 3 aromatic carbocycles. The molecular weight excluding hydrogens is 462 g/mol. The number of anilines is 2. The Balaban J connectivity index is 1.81. The third-order valence-corrected chi connectivity index (χ3v) is 7.85. The van der Waals surface area contributed by atoms with Crippen LogP contribution in [0.4, 0.5) is 11.4 Å². The van der Waals surface area contributed by atoms with E-state index in [1.54, 1.807) is 44.2 Å². The quantitative estimate of drug-likeness (QED) is 0.448. The predicted molar refractivity (Wildman–Crippen MR) is 128 cm³/mol. The van der Waals surface area contributed by atoms with Gasteiger partial charge in [-0.2, -0.15) is 0 Å². The van der Waals surface area contributed by atoms with Crippen molar-refractivity contribution >= 4 is 37.3 Å². The number of amides is 1. The third kappa shape index (κ3) is 5.98. The lowest BCUT2D eigenvalue weighted by molar-refractivity contribution is 0.102. The molecule has 33 heavy (non-hydrogen) atoms. The van der Waals surface area contributed by atoms with Gasteiger partial charge in [-0.1, -0.05) is 25.1 Å². The smallest absolute Gasteiger partial charge is 0.262 e. The molecule has 0 aliphatic rings. The Morgan fingerprint density at radius 2 is 1.52 bits per heavy atom. The van der Waals surface area contributed by atoms with Gasteiger partial charge in [0, 0.05) is 23.5 Å². The Morgan fingerprint density at radius 1 is 0.818 bits per heavy atom. The summed E-state index contributed by atoms with van der Waals surface area (Å²) in [7, 11) is -7.51. The first kappa shape index (κ1) is 24.4. The number of carbonyl (C=O) groups is 1. The summed E-state index contributed by atoms with van der Waals surface area (Å²) in [6.45, 7) is 5.45. The van der Waals surface area contributed by atoms with Crippen LogP contribution in [0.5, 0.6) is 0 Å². The van der Waals surface area contributed by atoms with E-state index < -0.39 is 26.0 Å². The lowest BCUT2D eigenvalue weighted by atomic mass is 10.2. The first-order valence-electron chi connectivity index (χ1n) is 10.1. The van der Waals surface area contributed by atoms with Crippen molar-refractivity contribution in [3.63, 3.8) is 0 Å². The highest BCUT2D eigenvalue weighted by molar-refractivity contribution is 7.92. The number of hydrogen-bond donors (Lipinski definition) is 3. The van der Waals surface area contributed by atoms with Crippen LogP contribution in [0.2, 0.25) is 0 Å². The second kappa shape index (κ2) is 9.74. The van der Waals surface area contributed by atoms with E-state index in [1.807, 2.05) is 13.0 Å². The average molecular weight is 488 g/mol. The maximum absolute atomic E-state index is 12.9. The Bertz CT molecular complexity index is 1380. The predicted octanol–water partition coefficient (Wildman–Crippen LogP) is 3.65. The van der Waals surface area contributed by atoms with Crippen molar-refractivity contribution in [1.29, 1.82) is 0 Å². The van der Waals surface area contributed by atoms with E-state index >= 15 is 0 Å². The van der Waals surface area contributed by atoms with E-state index in [0.29, 0.717) is 16.9 Å². The molecule has 3 aromatic rings. The van der Waals surface area contributed by atoms with E-state index in [1.165, 1.54) is 30.3 Å². The van der Waals surface area contributed by atoms with Crippen LogP contribution in [-0.2, 0) is 20.0 Å².